The van der Waals surface area contributed by atoms with Crippen LogP contribution in [0.4, 0.5) is 10.1 Å². The summed E-state index contributed by atoms with van der Waals surface area (Å²) in [5.74, 6) is -0.864. The van der Waals surface area contributed by atoms with Gasteiger partial charge in [-0.15, -0.1) is 11.6 Å². The Morgan fingerprint density at radius 2 is 2.26 bits per heavy atom. The minimum Gasteiger partial charge on any atom is -0.383 e. The van der Waals surface area contributed by atoms with Crippen LogP contribution in [-0.4, -0.2) is 23.9 Å². The van der Waals surface area contributed by atoms with Crippen molar-refractivity contribution in [2.75, 3.05) is 11.9 Å². The molecule has 5 heteroatoms. The number of nitrogens with one attached hydrogen (secondary N) is 2. The van der Waals surface area contributed by atoms with Crippen LogP contribution in [0.25, 0.3) is 0 Å². The topological polar surface area (TPSA) is 41.1 Å². The lowest BCUT2D eigenvalue weighted by Crippen LogP contribution is -2.40. The van der Waals surface area contributed by atoms with E-state index in [1.807, 2.05) is 6.92 Å². The molecule has 2 rings (SSSR count). The van der Waals surface area contributed by atoms with Gasteiger partial charge in [-0.2, -0.15) is 0 Å². The summed E-state index contributed by atoms with van der Waals surface area (Å²) in [5.41, 5.74) is 0.566. The maximum atomic E-state index is 13.9. The van der Waals surface area contributed by atoms with Gasteiger partial charge in [-0.05, 0) is 38.3 Å². The fourth-order valence-electron chi connectivity index (χ4n) is 1.96. The third-order valence-electron chi connectivity index (χ3n) is 3.25. The largest absolute Gasteiger partial charge is 0.383 e. The Hall–Kier alpha value is -1.29. The van der Waals surface area contributed by atoms with Crippen molar-refractivity contribution >= 4 is 23.2 Å². The SMILES string of the molecule is CC(Cl)CNc1cccc(F)c1C(=O)NC1CCC1. The van der Waals surface area contributed by atoms with E-state index in [4.69, 9.17) is 11.6 Å². The number of benzene rings is 1. The second kappa shape index (κ2) is 6.24. The Bertz CT molecular complexity index is 461. The zero-order chi connectivity index (χ0) is 13.8. The standard InChI is InChI=1S/C14H18ClFN2O/c1-9(15)8-17-12-7-3-6-11(16)13(12)14(19)18-10-4-2-5-10/h3,6-7,9-10,17H,2,4-5,8H2,1H3,(H,18,19). The average Bonchev–Trinajstić information content (AvgIpc) is 2.31. The van der Waals surface area contributed by atoms with Crippen LogP contribution in [0.1, 0.15) is 36.5 Å². The highest BCUT2D eigenvalue weighted by Gasteiger charge is 2.23. The number of rotatable bonds is 5. The number of hydrogen-bond donors (Lipinski definition) is 2. The second-order valence-electron chi connectivity index (χ2n) is 4.93. The van der Waals surface area contributed by atoms with Crippen LogP contribution in [-0.2, 0) is 0 Å². The summed E-state index contributed by atoms with van der Waals surface area (Å²) in [4.78, 5) is 12.1. The molecular weight excluding hydrogens is 267 g/mol. The van der Waals surface area contributed by atoms with Crippen molar-refractivity contribution in [3.05, 3.63) is 29.6 Å². The van der Waals surface area contributed by atoms with Gasteiger partial charge in [0.2, 0.25) is 0 Å². The van der Waals surface area contributed by atoms with Crippen molar-refractivity contribution in [2.24, 2.45) is 0 Å². The van der Waals surface area contributed by atoms with Crippen LogP contribution < -0.4 is 10.6 Å². The van der Waals surface area contributed by atoms with E-state index >= 15 is 0 Å². The maximum Gasteiger partial charge on any atom is 0.256 e. The summed E-state index contributed by atoms with van der Waals surface area (Å²) in [5, 5.41) is 5.77. The molecule has 0 bridgehead atoms. The monoisotopic (exact) mass is 284 g/mol. The highest BCUT2D eigenvalue weighted by Crippen LogP contribution is 2.22. The lowest BCUT2D eigenvalue weighted by Gasteiger charge is -2.27. The molecule has 2 N–H and O–H groups in total. The molecule has 0 aliphatic heterocycles. The first kappa shape index (κ1) is 14.1. The Balaban J connectivity index is 2.13. The molecule has 0 radical (unpaired) electrons. The van der Waals surface area contributed by atoms with E-state index in [2.05, 4.69) is 10.6 Å². The van der Waals surface area contributed by atoms with E-state index in [0.717, 1.165) is 19.3 Å². The molecule has 1 aromatic carbocycles. The predicted molar refractivity (Wildman–Crippen MR) is 75.3 cm³/mol. The van der Waals surface area contributed by atoms with Gasteiger partial charge in [0.05, 0.1) is 5.56 Å². The molecule has 1 aliphatic carbocycles. The number of alkyl halides is 1. The number of halogens is 2. The van der Waals surface area contributed by atoms with Crippen molar-refractivity contribution in [1.82, 2.24) is 5.32 Å². The van der Waals surface area contributed by atoms with Crippen LogP contribution in [0.2, 0.25) is 0 Å². The minimum atomic E-state index is -0.510. The van der Waals surface area contributed by atoms with Gasteiger partial charge in [0.15, 0.2) is 0 Å². The summed E-state index contributed by atoms with van der Waals surface area (Å²) in [6, 6.07) is 4.76. The molecule has 0 saturated heterocycles. The molecule has 3 nitrogen and oxygen atoms in total. The molecule has 104 valence electrons. The molecule has 19 heavy (non-hydrogen) atoms. The van der Waals surface area contributed by atoms with Crippen LogP contribution in [0.15, 0.2) is 18.2 Å². The second-order valence-corrected chi connectivity index (χ2v) is 5.67. The summed E-state index contributed by atoms with van der Waals surface area (Å²) in [7, 11) is 0. The van der Waals surface area contributed by atoms with Crippen molar-refractivity contribution < 1.29 is 9.18 Å². The van der Waals surface area contributed by atoms with E-state index in [-0.39, 0.29) is 22.9 Å². The zero-order valence-corrected chi connectivity index (χ0v) is 11.6. The van der Waals surface area contributed by atoms with Gasteiger partial charge in [0.1, 0.15) is 5.82 Å². The molecule has 0 aromatic heterocycles. The summed E-state index contributed by atoms with van der Waals surface area (Å²) in [6.45, 7) is 2.32. The summed E-state index contributed by atoms with van der Waals surface area (Å²) in [6.07, 6.45) is 3.07. The molecule has 1 saturated carbocycles. The number of amides is 1. The van der Waals surface area contributed by atoms with Crippen LogP contribution in [0, 0.1) is 5.82 Å². The summed E-state index contributed by atoms with van der Waals surface area (Å²) >= 11 is 5.86. The quantitative estimate of drug-likeness (QED) is 0.816. The molecule has 1 aliphatic rings. The number of carbonyl (C=O) groups is 1. The predicted octanol–water partition coefficient (Wildman–Crippen LogP) is 3.15. The molecule has 0 spiro atoms. The normalized spacial score (nSPS) is 16.6. The fraction of sp³-hybridized carbons (Fsp3) is 0.500. The van der Waals surface area contributed by atoms with Gasteiger partial charge < -0.3 is 10.6 Å². The number of carbonyl (C=O) groups excluding carboxylic acids is 1. The first-order valence-electron chi connectivity index (χ1n) is 6.55. The van der Waals surface area contributed by atoms with E-state index in [0.29, 0.717) is 12.2 Å². The Labute approximate surface area is 117 Å². The zero-order valence-electron chi connectivity index (χ0n) is 10.9. The lowest BCUT2D eigenvalue weighted by atomic mass is 9.93. The molecule has 1 aromatic rings. The van der Waals surface area contributed by atoms with E-state index in [1.54, 1.807) is 12.1 Å². The van der Waals surface area contributed by atoms with Crippen LogP contribution in [0.3, 0.4) is 0 Å². The number of hydrogen-bond acceptors (Lipinski definition) is 2. The average molecular weight is 285 g/mol. The smallest absolute Gasteiger partial charge is 0.256 e. The van der Waals surface area contributed by atoms with Gasteiger partial charge in [-0.1, -0.05) is 6.07 Å². The summed E-state index contributed by atoms with van der Waals surface area (Å²) < 4.78 is 13.9. The van der Waals surface area contributed by atoms with Crippen molar-refractivity contribution in [3.63, 3.8) is 0 Å². The molecule has 0 heterocycles. The molecule has 1 fully saturated rings. The highest BCUT2D eigenvalue weighted by atomic mass is 35.5. The van der Waals surface area contributed by atoms with E-state index < -0.39 is 5.82 Å². The van der Waals surface area contributed by atoms with Crippen LogP contribution in [0.5, 0.6) is 0 Å². The van der Waals surface area contributed by atoms with Crippen LogP contribution >= 0.6 is 11.6 Å². The van der Waals surface area contributed by atoms with Crippen molar-refractivity contribution in [3.8, 4) is 0 Å². The third-order valence-corrected chi connectivity index (χ3v) is 3.41. The lowest BCUT2D eigenvalue weighted by molar-refractivity contribution is 0.0913. The van der Waals surface area contributed by atoms with Crippen molar-refractivity contribution in [1.29, 1.82) is 0 Å². The van der Waals surface area contributed by atoms with Gasteiger partial charge in [-0.25, -0.2) is 4.39 Å². The third kappa shape index (κ3) is 3.60. The Morgan fingerprint density at radius 3 is 2.84 bits per heavy atom. The van der Waals surface area contributed by atoms with Crippen molar-refractivity contribution in [2.45, 2.75) is 37.6 Å². The van der Waals surface area contributed by atoms with E-state index in [1.165, 1.54) is 6.07 Å². The van der Waals surface area contributed by atoms with Gasteiger partial charge in [0.25, 0.3) is 5.91 Å². The maximum absolute atomic E-state index is 13.9. The van der Waals surface area contributed by atoms with Gasteiger partial charge in [0, 0.05) is 23.7 Å². The Kier molecular flexibility index (Phi) is 4.64. The molecule has 1 unspecified atom stereocenters. The number of anilines is 1. The molecular formula is C14H18ClFN2O. The highest BCUT2D eigenvalue weighted by molar-refractivity contribution is 6.20. The molecule has 1 atom stereocenters. The molecule has 1 amide bonds. The minimum absolute atomic E-state index is 0.0757. The first-order valence-corrected chi connectivity index (χ1v) is 6.99. The first-order chi connectivity index (χ1) is 9.08. The van der Waals surface area contributed by atoms with E-state index in [9.17, 15) is 9.18 Å². The van der Waals surface area contributed by atoms with Gasteiger partial charge >= 0.3 is 0 Å². The fourth-order valence-corrected chi connectivity index (χ4v) is 2.04. The van der Waals surface area contributed by atoms with Gasteiger partial charge in [-0.3, -0.25) is 4.79 Å². The Morgan fingerprint density at radius 1 is 1.53 bits per heavy atom.